The van der Waals surface area contributed by atoms with Crippen LogP contribution in [0.15, 0.2) is 6.33 Å². The monoisotopic (exact) mass is 324 g/mol. The van der Waals surface area contributed by atoms with Gasteiger partial charge in [-0.2, -0.15) is 0 Å². The molecule has 2 bridgehead atoms. The Morgan fingerprint density at radius 1 is 1.27 bits per heavy atom. The van der Waals surface area contributed by atoms with Crippen LogP contribution >= 0.6 is 12.4 Å². The van der Waals surface area contributed by atoms with E-state index in [4.69, 9.17) is 0 Å². The molecule has 0 saturated carbocycles. The smallest absolute Gasteiger partial charge is 0.245 e. The number of halogens is 1. The Bertz CT molecular complexity index is 570. The summed E-state index contributed by atoms with van der Waals surface area (Å²) in [5, 5.41) is 6.50. The first kappa shape index (κ1) is 15.3. The fourth-order valence-electron chi connectivity index (χ4n) is 3.65. The van der Waals surface area contributed by atoms with E-state index < -0.39 is 0 Å². The molecule has 0 radical (unpaired) electrons. The summed E-state index contributed by atoms with van der Waals surface area (Å²) >= 11 is 0. The highest BCUT2D eigenvalue weighted by atomic mass is 35.5. The van der Waals surface area contributed by atoms with Crippen molar-refractivity contribution in [2.45, 2.75) is 31.8 Å². The van der Waals surface area contributed by atoms with Gasteiger partial charge in [-0.3, -0.25) is 4.79 Å². The van der Waals surface area contributed by atoms with E-state index in [1.807, 2.05) is 0 Å². The number of carbonyl (C=O) groups excluding carboxylic acids is 1. The van der Waals surface area contributed by atoms with E-state index in [9.17, 15) is 4.79 Å². The Morgan fingerprint density at radius 3 is 2.68 bits per heavy atom. The maximum Gasteiger partial charge on any atom is 0.245 e. The number of piperazine rings is 1. The number of amides is 1. The van der Waals surface area contributed by atoms with Crippen LogP contribution in [-0.4, -0.2) is 54.1 Å². The normalized spacial score (nSPS) is 26.3. The van der Waals surface area contributed by atoms with Gasteiger partial charge in [0.15, 0.2) is 11.6 Å². The molecule has 120 valence electrons. The van der Waals surface area contributed by atoms with Gasteiger partial charge in [0.2, 0.25) is 5.91 Å². The molecule has 7 nitrogen and oxygen atoms in total. The highest BCUT2D eigenvalue weighted by molar-refractivity contribution is 6.02. The number of anilines is 3. The number of fused-ring (bicyclic) bond motifs is 3. The van der Waals surface area contributed by atoms with E-state index in [0.29, 0.717) is 24.4 Å². The summed E-state index contributed by atoms with van der Waals surface area (Å²) in [7, 11) is 0. The predicted octanol–water partition coefficient (Wildman–Crippen LogP) is 0.617. The van der Waals surface area contributed by atoms with Crippen molar-refractivity contribution in [3.05, 3.63) is 6.33 Å². The summed E-state index contributed by atoms with van der Waals surface area (Å²) < 4.78 is 0. The van der Waals surface area contributed by atoms with E-state index in [0.717, 1.165) is 31.1 Å². The zero-order valence-electron chi connectivity index (χ0n) is 12.6. The Morgan fingerprint density at radius 2 is 2.00 bits per heavy atom. The van der Waals surface area contributed by atoms with Crippen LogP contribution in [0.3, 0.4) is 0 Å². The van der Waals surface area contributed by atoms with E-state index in [1.54, 1.807) is 6.33 Å². The van der Waals surface area contributed by atoms with Crippen molar-refractivity contribution >= 4 is 35.6 Å². The molecule has 2 atom stereocenters. The Labute approximate surface area is 135 Å². The first-order valence-electron chi connectivity index (χ1n) is 7.65. The van der Waals surface area contributed by atoms with E-state index in [2.05, 4.69) is 37.3 Å². The predicted molar refractivity (Wildman–Crippen MR) is 88.0 cm³/mol. The molecule has 0 aliphatic carbocycles. The molecule has 22 heavy (non-hydrogen) atoms. The first-order valence-corrected chi connectivity index (χ1v) is 7.65. The van der Waals surface area contributed by atoms with Gasteiger partial charge < -0.3 is 20.4 Å². The molecule has 2 N–H and O–H groups in total. The van der Waals surface area contributed by atoms with Crippen molar-refractivity contribution in [1.82, 2.24) is 15.3 Å². The number of aromatic nitrogens is 2. The van der Waals surface area contributed by atoms with Crippen LogP contribution in [0.4, 0.5) is 17.3 Å². The Kier molecular flexibility index (Phi) is 4.10. The molecular formula is C14H21ClN6O. The van der Waals surface area contributed by atoms with Crippen molar-refractivity contribution in [2.75, 3.05) is 41.3 Å². The fraction of sp³-hybridized carbons (Fsp3) is 0.643. The average molecular weight is 325 g/mol. The lowest BCUT2D eigenvalue weighted by Gasteiger charge is -2.38. The minimum absolute atomic E-state index is 0. The minimum Gasteiger partial charge on any atom is -0.356 e. The number of nitrogens with zero attached hydrogens (tertiary/aromatic N) is 4. The van der Waals surface area contributed by atoms with Crippen LogP contribution in [0.25, 0.3) is 0 Å². The average Bonchev–Trinajstić information content (AvgIpc) is 2.83. The summed E-state index contributed by atoms with van der Waals surface area (Å²) in [5.41, 5.74) is 0.973. The second-order valence-corrected chi connectivity index (χ2v) is 6.00. The molecule has 4 heterocycles. The van der Waals surface area contributed by atoms with Crippen molar-refractivity contribution in [2.24, 2.45) is 0 Å². The van der Waals surface area contributed by atoms with Crippen LogP contribution < -0.4 is 20.4 Å². The maximum absolute atomic E-state index is 11.8. The molecule has 8 heteroatoms. The fourth-order valence-corrected chi connectivity index (χ4v) is 3.65. The third-order valence-electron chi connectivity index (χ3n) is 4.61. The van der Waals surface area contributed by atoms with Crippen molar-refractivity contribution in [3.63, 3.8) is 0 Å². The second-order valence-electron chi connectivity index (χ2n) is 6.00. The van der Waals surface area contributed by atoms with E-state index in [1.165, 1.54) is 12.8 Å². The molecule has 1 aromatic rings. The molecule has 3 aliphatic heterocycles. The summed E-state index contributed by atoms with van der Waals surface area (Å²) in [6, 6.07) is 1.12. The van der Waals surface area contributed by atoms with Gasteiger partial charge in [-0.05, 0) is 19.8 Å². The molecule has 1 aromatic heterocycles. The van der Waals surface area contributed by atoms with Crippen molar-refractivity contribution in [3.8, 4) is 0 Å². The van der Waals surface area contributed by atoms with Gasteiger partial charge in [0.25, 0.3) is 0 Å². The molecule has 0 aromatic carbocycles. The van der Waals surface area contributed by atoms with Gasteiger partial charge in [0.1, 0.15) is 12.0 Å². The highest BCUT2D eigenvalue weighted by Crippen LogP contribution is 2.37. The zero-order valence-corrected chi connectivity index (χ0v) is 13.4. The Balaban J connectivity index is 0.00000144. The highest BCUT2D eigenvalue weighted by Gasteiger charge is 2.35. The number of rotatable bonds is 2. The van der Waals surface area contributed by atoms with Gasteiger partial charge in [0, 0.05) is 31.7 Å². The standard InChI is InChI=1S/C14H20N6O.ClH/c1-2-19-7-11(21)18-13-12(19)14(16-8-15-13)20-5-9-3-4-10(6-20)17-9;/h8-10,17H,2-7H2,1H3,(H,15,16,18,21);1H/t9-,10+;. The van der Waals surface area contributed by atoms with Crippen LogP contribution in [0, 0.1) is 0 Å². The third kappa shape index (κ3) is 2.48. The molecule has 1 amide bonds. The number of hydrogen-bond acceptors (Lipinski definition) is 6. The number of hydrogen-bond donors (Lipinski definition) is 2. The molecular weight excluding hydrogens is 304 g/mol. The number of carbonyl (C=O) groups is 1. The second kappa shape index (κ2) is 5.89. The van der Waals surface area contributed by atoms with Gasteiger partial charge in [-0.1, -0.05) is 0 Å². The number of likely N-dealkylation sites (N-methyl/N-ethyl adjacent to an activating group) is 1. The van der Waals surface area contributed by atoms with E-state index in [-0.39, 0.29) is 18.3 Å². The van der Waals surface area contributed by atoms with Crippen molar-refractivity contribution < 1.29 is 4.79 Å². The molecule has 2 saturated heterocycles. The molecule has 4 rings (SSSR count). The number of nitrogens with one attached hydrogen (secondary N) is 2. The summed E-state index contributed by atoms with van der Waals surface area (Å²) in [4.78, 5) is 24.9. The first-order chi connectivity index (χ1) is 10.2. The summed E-state index contributed by atoms with van der Waals surface area (Å²) in [6.07, 6.45) is 4.03. The molecule has 3 aliphatic rings. The van der Waals surface area contributed by atoms with Gasteiger partial charge in [-0.25, -0.2) is 9.97 Å². The van der Waals surface area contributed by atoms with E-state index >= 15 is 0 Å². The molecule has 0 unspecified atom stereocenters. The van der Waals surface area contributed by atoms with Crippen LogP contribution in [0.1, 0.15) is 19.8 Å². The zero-order chi connectivity index (χ0) is 14.4. The van der Waals surface area contributed by atoms with Crippen LogP contribution in [0.5, 0.6) is 0 Å². The largest absolute Gasteiger partial charge is 0.356 e. The topological polar surface area (TPSA) is 73.4 Å². The van der Waals surface area contributed by atoms with Crippen LogP contribution in [-0.2, 0) is 4.79 Å². The Hall–Kier alpha value is -1.60. The van der Waals surface area contributed by atoms with Gasteiger partial charge in [-0.15, -0.1) is 12.4 Å². The summed E-state index contributed by atoms with van der Waals surface area (Å²) in [6.45, 7) is 5.17. The van der Waals surface area contributed by atoms with Crippen molar-refractivity contribution in [1.29, 1.82) is 0 Å². The summed E-state index contributed by atoms with van der Waals surface area (Å²) in [5.74, 6) is 1.60. The maximum atomic E-state index is 11.8. The molecule has 2 fully saturated rings. The lowest BCUT2D eigenvalue weighted by Crippen LogP contribution is -2.52. The quantitative estimate of drug-likeness (QED) is 0.831. The van der Waals surface area contributed by atoms with Gasteiger partial charge >= 0.3 is 0 Å². The third-order valence-corrected chi connectivity index (χ3v) is 4.61. The lowest BCUT2D eigenvalue weighted by atomic mass is 10.2. The van der Waals surface area contributed by atoms with Gasteiger partial charge in [0.05, 0.1) is 6.54 Å². The lowest BCUT2D eigenvalue weighted by molar-refractivity contribution is -0.115. The molecule has 0 spiro atoms. The van der Waals surface area contributed by atoms with Crippen LogP contribution in [0.2, 0.25) is 0 Å². The SMILES string of the molecule is CCN1CC(=O)Nc2ncnc(N3C[C@H]4CC[C@@H](C3)N4)c21.Cl. The minimum atomic E-state index is -0.00520.